The molecule has 1 atom stereocenters. The van der Waals surface area contributed by atoms with E-state index in [4.69, 9.17) is 0 Å². The van der Waals surface area contributed by atoms with Crippen LogP contribution in [-0.2, 0) is 0 Å². The summed E-state index contributed by atoms with van der Waals surface area (Å²) in [6.45, 7) is 7.76. The highest BCUT2D eigenvalue weighted by Gasteiger charge is 2.30. The normalized spacial score (nSPS) is 23.0. The van der Waals surface area contributed by atoms with E-state index < -0.39 is 0 Å². The second kappa shape index (κ2) is 6.92. The van der Waals surface area contributed by atoms with E-state index in [0.717, 1.165) is 42.2 Å². The van der Waals surface area contributed by atoms with Crippen LogP contribution in [0.2, 0.25) is 0 Å². The van der Waals surface area contributed by atoms with Gasteiger partial charge in [0.25, 0.3) is 0 Å². The minimum Gasteiger partial charge on any atom is -0.369 e. The first-order valence-corrected chi connectivity index (χ1v) is 8.82. The van der Waals surface area contributed by atoms with Crippen molar-refractivity contribution < 1.29 is 0 Å². The highest BCUT2D eigenvalue weighted by Crippen LogP contribution is 2.32. The molecule has 0 amide bonds. The van der Waals surface area contributed by atoms with Gasteiger partial charge in [0.1, 0.15) is 22.4 Å². The Balaban J connectivity index is 1.78. The van der Waals surface area contributed by atoms with Gasteiger partial charge in [0.05, 0.1) is 0 Å². The van der Waals surface area contributed by atoms with Gasteiger partial charge in [-0.15, -0.1) is 0 Å². The largest absolute Gasteiger partial charge is 0.369 e. The summed E-state index contributed by atoms with van der Waals surface area (Å²) in [4.78, 5) is 14.0. The van der Waals surface area contributed by atoms with Crippen LogP contribution in [0.1, 0.15) is 32.6 Å². The van der Waals surface area contributed by atoms with Crippen molar-refractivity contribution in [3.05, 3.63) is 10.8 Å². The van der Waals surface area contributed by atoms with E-state index in [9.17, 15) is 0 Å². The van der Waals surface area contributed by atoms with Crippen LogP contribution < -0.4 is 10.2 Å². The molecular weight excluding hydrogens is 330 g/mol. The number of aromatic nitrogens is 2. The highest BCUT2D eigenvalue weighted by molar-refractivity contribution is 9.10. The van der Waals surface area contributed by atoms with Gasteiger partial charge in [0.2, 0.25) is 0 Å². The van der Waals surface area contributed by atoms with Gasteiger partial charge in [-0.05, 0) is 48.2 Å². The lowest BCUT2D eigenvalue weighted by atomic mass is 10.2. The zero-order valence-corrected chi connectivity index (χ0v) is 14.3. The van der Waals surface area contributed by atoms with Crippen LogP contribution in [0.15, 0.2) is 10.8 Å². The van der Waals surface area contributed by atoms with Crippen molar-refractivity contribution in [2.24, 2.45) is 0 Å². The lowest BCUT2D eigenvalue weighted by Gasteiger charge is -2.27. The number of hydrogen-bond donors (Lipinski definition) is 1. The average molecular weight is 354 g/mol. The minimum atomic E-state index is 0.696. The fourth-order valence-corrected chi connectivity index (χ4v) is 3.94. The van der Waals surface area contributed by atoms with Gasteiger partial charge in [-0.25, -0.2) is 9.97 Å². The van der Waals surface area contributed by atoms with Crippen molar-refractivity contribution in [3.63, 3.8) is 0 Å². The van der Waals surface area contributed by atoms with Gasteiger partial charge in [-0.1, -0.05) is 6.92 Å². The van der Waals surface area contributed by atoms with Gasteiger partial charge in [0.15, 0.2) is 0 Å². The smallest absolute Gasteiger partial charge is 0.148 e. The Morgan fingerprint density at radius 2 is 2.14 bits per heavy atom. The number of fused-ring (bicyclic) bond motifs is 1. The fourth-order valence-electron chi connectivity index (χ4n) is 3.35. The molecule has 1 N–H and O–H groups in total. The second-order valence-corrected chi connectivity index (χ2v) is 6.71. The molecule has 0 aliphatic carbocycles. The summed E-state index contributed by atoms with van der Waals surface area (Å²) in [6.07, 6.45) is 6.64. The third-order valence-corrected chi connectivity index (χ3v) is 5.15. The van der Waals surface area contributed by atoms with E-state index >= 15 is 0 Å². The molecule has 0 radical (unpaired) electrons. The first-order valence-electron chi connectivity index (χ1n) is 8.03. The second-order valence-electron chi connectivity index (χ2n) is 5.92. The molecule has 2 fully saturated rings. The van der Waals surface area contributed by atoms with Gasteiger partial charge >= 0.3 is 0 Å². The average Bonchev–Trinajstić information content (AvgIpc) is 2.84. The molecule has 116 valence electrons. The molecule has 5 nitrogen and oxygen atoms in total. The third kappa shape index (κ3) is 3.31. The van der Waals surface area contributed by atoms with Crippen LogP contribution >= 0.6 is 15.9 Å². The Hall–Kier alpha value is -0.880. The SMILES string of the molecule is CCCNc1ncnc(N2CCCN3CCCC3C2)c1Br. The molecule has 2 saturated heterocycles. The Labute approximate surface area is 135 Å². The molecule has 2 aliphatic rings. The molecule has 1 aromatic rings. The van der Waals surface area contributed by atoms with Crippen molar-refractivity contribution >= 4 is 27.6 Å². The molecule has 21 heavy (non-hydrogen) atoms. The summed E-state index contributed by atoms with van der Waals surface area (Å²) in [6, 6.07) is 0.696. The van der Waals surface area contributed by atoms with Crippen LogP contribution in [0.25, 0.3) is 0 Å². The number of anilines is 2. The zero-order chi connectivity index (χ0) is 14.7. The predicted molar refractivity (Wildman–Crippen MR) is 89.9 cm³/mol. The molecule has 3 heterocycles. The molecule has 1 aromatic heterocycles. The van der Waals surface area contributed by atoms with Crippen molar-refractivity contribution in [2.45, 2.75) is 38.6 Å². The van der Waals surface area contributed by atoms with E-state index in [0.29, 0.717) is 6.04 Å². The molecular formula is C15H24BrN5. The summed E-state index contributed by atoms with van der Waals surface area (Å²) in [5, 5.41) is 3.37. The Morgan fingerprint density at radius 3 is 3.00 bits per heavy atom. The Morgan fingerprint density at radius 1 is 1.29 bits per heavy atom. The van der Waals surface area contributed by atoms with Crippen LogP contribution in [0, 0.1) is 0 Å². The van der Waals surface area contributed by atoms with Crippen LogP contribution in [-0.4, -0.2) is 53.6 Å². The molecule has 0 aromatic carbocycles. The summed E-state index contributed by atoms with van der Waals surface area (Å²) in [5.74, 6) is 1.95. The lowest BCUT2D eigenvalue weighted by molar-refractivity contribution is 0.273. The van der Waals surface area contributed by atoms with Crippen molar-refractivity contribution in [2.75, 3.05) is 42.9 Å². The third-order valence-electron chi connectivity index (χ3n) is 4.42. The maximum Gasteiger partial charge on any atom is 0.148 e. The number of hydrogen-bond acceptors (Lipinski definition) is 5. The molecule has 2 aliphatic heterocycles. The summed E-state index contributed by atoms with van der Waals surface area (Å²) >= 11 is 3.70. The van der Waals surface area contributed by atoms with E-state index in [2.05, 4.69) is 47.9 Å². The van der Waals surface area contributed by atoms with Crippen molar-refractivity contribution in [1.29, 1.82) is 0 Å². The molecule has 0 bridgehead atoms. The van der Waals surface area contributed by atoms with Gasteiger partial charge in [-0.2, -0.15) is 0 Å². The molecule has 6 heteroatoms. The molecule has 1 unspecified atom stereocenters. The topological polar surface area (TPSA) is 44.3 Å². The quantitative estimate of drug-likeness (QED) is 0.901. The molecule has 3 rings (SSSR count). The standard InChI is InChI=1S/C15H24BrN5/c1-2-6-17-14-13(16)15(19-11-18-14)21-9-4-8-20-7-3-5-12(20)10-21/h11-12H,2-10H2,1H3,(H,17,18,19). The highest BCUT2D eigenvalue weighted by atomic mass is 79.9. The minimum absolute atomic E-state index is 0.696. The summed E-state index contributed by atoms with van der Waals surface area (Å²) < 4.78 is 1.00. The maximum atomic E-state index is 4.54. The number of halogens is 1. The lowest BCUT2D eigenvalue weighted by Crippen LogP contribution is -2.37. The van der Waals surface area contributed by atoms with Crippen LogP contribution in [0.3, 0.4) is 0 Å². The number of rotatable bonds is 4. The van der Waals surface area contributed by atoms with Gasteiger partial charge in [-0.3, -0.25) is 4.90 Å². The summed E-state index contributed by atoms with van der Waals surface area (Å²) in [5.41, 5.74) is 0. The monoisotopic (exact) mass is 353 g/mol. The zero-order valence-electron chi connectivity index (χ0n) is 12.7. The van der Waals surface area contributed by atoms with Crippen LogP contribution in [0.5, 0.6) is 0 Å². The van der Waals surface area contributed by atoms with Crippen LogP contribution in [0.4, 0.5) is 11.6 Å². The molecule has 0 saturated carbocycles. The van der Waals surface area contributed by atoms with Crippen molar-refractivity contribution in [3.8, 4) is 0 Å². The van der Waals surface area contributed by atoms with E-state index in [1.165, 1.54) is 32.4 Å². The Bertz CT molecular complexity index is 481. The number of nitrogens with zero attached hydrogens (tertiary/aromatic N) is 4. The molecule has 0 spiro atoms. The van der Waals surface area contributed by atoms with Gasteiger partial charge < -0.3 is 10.2 Å². The number of nitrogens with one attached hydrogen (secondary N) is 1. The van der Waals surface area contributed by atoms with E-state index in [1.54, 1.807) is 6.33 Å². The van der Waals surface area contributed by atoms with Crippen molar-refractivity contribution in [1.82, 2.24) is 14.9 Å². The summed E-state index contributed by atoms with van der Waals surface area (Å²) in [7, 11) is 0. The fraction of sp³-hybridized carbons (Fsp3) is 0.733. The first kappa shape index (κ1) is 15.0. The van der Waals surface area contributed by atoms with E-state index in [-0.39, 0.29) is 0 Å². The first-order chi connectivity index (χ1) is 10.3. The Kier molecular flexibility index (Phi) is 4.95. The van der Waals surface area contributed by atoms with Gasteiger partial charge in [0, 0.05) is 32.2 Å². The maximum absolute atomic E-state index is 4.54. The predicted octanol–water partition coefficient (Wildman–Crippen LogP) is 2.74. The van der Waals surface area contributed by atoms with E-state index in [1.807, 2.05) is 0 Å².